The number of carbonyl (C=O) groups is 1. The molecule has 2 aliphatic rings. The van der Waals surface area contributed by atoms with Crippen molar-refractivity contribution in [1.29, 1.82) is 0 Å². The highest BCUT2D eigenvalue weighted by Gasteiger charge is 2.57. The fraction of sp³-hybridized carbons (Fsp3) is 0.233. The summed E-state index contributed by atoms with van der Waals surface area (Å²) in [5, 5.41) is 15.6. The van der Waals surface area contributed by atoms with Gasteiger partial charge in [-0.15, -0.1) is 10.2 Å². The van der Waals surface area contributed by atoms with Gasteiger partial charge in [0.05, 0.1) is 0 Å². The summed E-state index contributed by atoms with van der Waals surface area (Å²) in [4.78, 5) is 16.0. The molecular formula is C30H28ClN5O2. The summed E-state index contributed by atoms with van der Waals surface area (Å²) in [6.07, 6.45) is 0. The maximum Gasteiger partial charge on any atom is 0.261 e. The normalized spacial score (nSPS) is 14.6. The summed E-state index contributed by atoms with van der Waals surface area (Å²) in [5.41, 5.74) is 6.28. The molecule has 3 heterocycles. The molecule has 0 atom stereocenters. The SMILES string of the molecule is CCNc1cc2c(cc1C)C1(c3cc(C)c(NCC)cc3O2)c2ccccc2C(=O)N1c1ccc(Cl)nn1. The van der Waals surface area contributed by atoms with E-state index in [1.165, 1.54) is 0 Å². The van der Waals surface area contributed by atoms with Crippen molar-refractivity contribution >= 4 is 34.7 Å². The maximum absolute atomic E-state index is 14.2. The van der Waals surface area contributed by atoms with Gasteiger partial charge in [-0.2, -0.15) is 0 Å². The smallest absolute Gasteiger partial charge is 0.261 e. The molecule has 1 aromatic heterocycles. The van der Waals surface area contributed by atoms with E-state index in [1.54, 1.807) is 17.0 Å². The van der Waals surface area contributed by atoms with Crippen LogP contribution in [-0.2, 0) is 5.54 Å². The van der Waals surface area contributed by atoms with Gasteiger partial charge >= 0.3 is 0 Å². The lowest BCUT2D eigenvalue weighted by Gasteiger charge is -2.44. The molecular weight excluding hydrogens is 498 g/mol. The van der Waals surface area contributed by atoms with Crippen LogP contribution in [0.5, 0.6) is 11.5 Å². The minimum atomic E-state index is -1.02. The number of nitrogens with one attached hydrogen (secondary N) is 2. The van der Waals surface area contributed by atoms with Crippen LogP contribution in [-0.4, -0.2) is 29.2 Å². The zero-order chi connectivity index (χ0) is 26.6. The third kappa shape index (κ3) is 3.38. The van der Waals surface area contributed by atoms with Crippen molar-refractivity contribution < 1.29 is 9.53 Å². The molecule has 38 heavy (non-hydrogen) atoms. The second-order valence-electron chi connectivity index (χ2n) is 9.60. The van der Waals surface area contributed by atoms with E-state index >= 15 is 0 Å². The Morgan fingerprint density at radius 3 is 2.00 bits per heavy atom. The Morgan fingerprint density at radius 2 is 1.45 bits per heavy atom. The monoisotopic (exact) mass is 525 g/mol. The number of carbonyl (C=O) groups excluding carboxylic acids is 1. The minimum absolute atomic E-state index is 0.155. The summed E-state index contributed by atoms with van der Waals surface area (Å²) < 4.78 is 6.63. The van der Waals surface area contributed by atoms with Crippen LogP contribution in [0.25, 0.3) is 0 Å². The topological polar surface area (TPSA) is 79.4 Å². The Hall–Kier alpha value is -4.10. The van der Waals surface area contributed by atoms with E-state index in [-0.39, 0.29) is 11.1 Å². The van der Waals surface area contributed by atoms with Gasteiger partial charge in [-0.3, -0.25) is 9.69 Å². The number of aromatic nitrogens is 2. The molecule has 0 saturated carbocycles. The number of aryl methyl sites for hydroxylation is 2. The van der Waals surface area contributed by atoms with E-state index in [0.717, 1.165) is 52.3 Å². The zero-order valence-corrected chi connectivity index (χ0v) is 22.5. The molecule has 2 aliphatic heterocycles. The predicted molar refractivity (Wildman–Crippen MR) is 151 cm³/mol. The van der Waals surface area contributed by atoms with Crippen LogP contribution in [0.1, 0.15) is 52.0 Å². The number of anilines is 3. The Kier molecular flexibility index (Phi) is 5.76. The van der Waals surface area contributed by atoms with Crippen molar-refractivity contribution in [3.05, 3.63) is 99.2 Å². The lowest BCUT2D eigenvalue weighted by molar-refractivity contribution is 0.0984. The first-order valence-electron chi connectivity index (χ1n) is 12.8. The largest absolute Gasteiger partial charge is 0.456 e. The van der Waals surface area contributed by atoms with E-state index in [0.29, 0.717) is 22.9 Å². The number of rotatable bonds is 5. The van der Waals surface area contributed by atoms with Crippen molar-refractivity contribution in [2.45, 2.75) is 33.2 Å². The lowest BCUT2D eigenvalue weighted by Crippen LogP contribution is -2.48. The number of fused-ring (bicyclic) bond motifs is 6. The summed E-state index contributed by atoms with van der Waals surface area (Å²) in [5.74, 6) is 1.62. The Morgan fingerprint density at radius 1 is 0.842 bits per heavy atom. The molecule has 0 aliphatic carbocycles. The van der Waals surface area contributed by atoms with Crippen molar-refractivity contribution in [3.63, 3.8) is 0 Å². The van der Waals surface area contributed by atoms with Crippen LogP contribution in [0.2, 0.25) is 5.15 Å². The highest BCUT2D eigenvalue weighted by atomic mass is 35.5. The van der Waals surface area contributed by atoms with Gasteiger partial charge in [0, 0.05) is 58.9 Å². The fourth-order valence-corrected chi connectivity index (χ4v) is 5.85. The number of nitrogens with zero attached hydrogens (tertiary/aromatic N) is 3. The molecule has 0 saturated heterocycles. The molecule has 4 aromatic rings. The summed E-state index contributed by atoms with van der Waals surface area (Å²) in [6, 6.07) is 19.5. The number of amides is 1. The van der Waals surface area contributed by atoms with E-state index < -0.39 is 5.54 Å². The average Bonchev–Trinajstić information content (AvgIpc) is 3.16. The van der Waals surface area contributed by atoms with Gasteiger partial charge in [-0.05, 0) is 69.2 Å². The van der Waals surface area contributed by atoms with Crippen molar-refractivity contribution in [2.75, 3.05) is 28.6 Å². The summed E-state index contributed by atoms with van der Waals surface area (Å²) >= 11 is 6.11. The minimum Gasteiger partial charge on any atom is -0.456 e. The molecule has 0 radical (unpaired) electrons. The third-order valence-corrected chi connectivity index (χ3v) is 7.52. The molecule has 3 aromatic carbocycles. The van der Waals surface area contributed by atoms with Crippen LogP contribution in [0.3, 0.4) is 0 Å². The Balaban J connectivity index is 1.75. The van der Waals surface area contributed by atoms with Gasteiger partial charge in [0.2, 0.25) is 0 Å². The number of hydrogen-bond donors (Lipinski definition) is 2. The van der Waals surface area contributed by atoms with Crippen molar-refractivity contribution in [3.8, 4) is 11.5 Å². The number of benzene rings is 3. The second-order valence-corrected chi connectivity index (χ2v) is 9.99. The van der Waals surface area contributed by atoms with E-state index in [9.17, 15) is 4.79 Å². The van der Waals surface area contributed by atoms with E-state index in [2.05, 4.69) is 60.7 Å². The molecule has 1 spiro atoms. The zero-order valence-electron chi connectivity index (χ0n) is 21.7. The van der Waals surface area contributed by atoms with Crippen LogP contribution in [0.15, 0.2) is 60.7 Å². The maximum atomic E-state index is 14.2. The van der Waals surface area contributed by atoms with Gasteiger partial charge in [0.25, 0.3) is 5.91 Å². The summed E-state index contributed by atoms with van der Waals surface area (Å²) in [6.45, 7) is 9.81. The number of hydrogen-bond acceptors (Lipinski definition) is 6. The van der Waals surface area contributed by atoms with Crippen molar-refractivity contribution in [1.82, 2.24) is 10.2 Å². The third-order valence-electron chi connectivity index (χ3n) is 7.32. The average molecular weight is 526 g/mol. The summed E-state index contributed by atoms with van der Waals surface area (Å²) in [7, 11) is 0. The first kappa shape index (κ1) is 24.2. The first-order valence-corrected chi connectivity index (χ1v) is 13.2. The lowest BCUT2D eigenvalue weighted by atomic mass is 9.73. The molecule has 2 N–H and O–H groups in total. The quantitative estimate of drug-likeness (QED) is 0.303. The van der Waals surface area contributed by atoms with Gasteiger partial charge in [0.1, 0.15) is 17.0 Å². The van der Waals surface area contributed by atoms with Gasteiger partial charge < -0.3 is 15.4 Å². The fourth-order valence-electron chi connectivity index (χ4n) is 5.75. The Labute approximate surface area is 226 Å². The predicted octanol–water partition coefficient (Wildman–Crippen LogP) is 6.67. The Bertz CT molecular complexity index is 1520. The first-order chi connectivity index (χ1) is 18.4. The van der Waals surface area contributed by atoms with Gasteiger partial charge in [-0.1, -0.05) is 29.8 Å². The highest BCUT2D eigenvalue weighted by Crippen LogP contribution is 2.59. The number of halogens is 1. The van der Waals surface area contributed by atoms with Crippen LogP contribution in [0, 0.1) is 13.8 Å². The molecule has 0 fully saturated rings. The van der Waals surface area contributed by atoms with Gasteiger partial charge in [0.15, 0.2) is 11.0 Å². The number of ether oxygens (including phenoxy) is 1. The highest BCUT2D eigenvalue weighted by molar-refractivity contribution is 6.29. The molecule has 0 unspecified atom stereocenters. The van der Waals surface area contributed by atoms with Crippen molar-refractivity contribution in [2.24, 2.45) is 0 Å². The van der Waals surface area contributed by atoms with Crippen LogP contribution < -0.4 is 20.3 Å². The molecule has 1 amide bonds. The molecule has 192 valence electrons. The standard InChI is InChI=1S/C30H28ClN5O2/c1-5-32-23-15-25-21(13-17(23)3)30(22-14-18(4)24(33-6-2)16-26(22)38-25)20-10-8-7-9-19(20)29(37)36(30)28-12-11-27(31)34-35-28/h7-16,32-33H,5-6H2,1-4H3. The molecule has 0 bridgehead atoms. The molecule has 7 nitrogen and oxygen atoms in total. The van der Waals surface area contributed by atoms with Crippen LogP contribution in [0.4, 0.5) is 17.2 Å². The van der Waals surface area contributed by atoms with Crippen LogP contribution >= 0.6 is 11.6 Å². The van der Waals surface area contributed by atoms with E-state index in [4.69, 9.17) is 16.3 Å². The second kappa shape index (κ2) is 9.03. The molecule has 8 heteroatoms. The van der Waals surface area contributed by atoms with E-state index in [1.807, 2.05) is 36.4 Å². The van der Waals surface area contributed by atoms with Gasteiger partial charge in [-0.25, -0.2) is 0 Å². The molecule has 6 rings (SSSR count).